The Kier molecular flexibility index (Phi) is 61.7. The van der Waals surface area contributed by atoms with E-state index in [0.717, 1.165) is 89.9 Å². The van der Waals surface area contributed by atoms with Gasteiger partial charge in [0.05, 0.1) is 0 Å². The summed E-state index contributed by atoms with van der Waals surface area (Å²) in [5.41, 5.74) is 0. The van der Waals surface area contributed by atoms with Gasteiger partial charge in [-0.25, -0.2) is 0 Å². The molecule has 0 rings (SSSR count). The summed E-state index contributed by atoms with van der Waals surface area (Å²) < 4.78 is 16.9. The van der Waals surface area contributed by atoms with Gasteiger partial charge in [0.2, 0.25) is 0 Å². The number of hydrogen-bond donors (Lipinski definition) is 0. The lowest BCUT2D eigenvalue weighted by molar-refractivity contribution is -0.167. The van der Waals surface area contributed by atoms with Crippen molar-refractivity contribution >= 4 is 17.9 Å². The van der Waals surface area contributed by atoms with Crippen LogP contribution in [0.15, 0.2) is 48.6 Å². The maximum Gasteiger partial charge on any atom is 0.306 e. The molecule has 6 heteroatoms. The van der Waals surface area contributed by atoms with E-state index in [2.05, 4.69) is 69.4 Å². The number of unbranched alkanes of at least 4 members (excludes halogenated alkanes) is 42. The van der Waals surface area contributed by atoms with Crippen molar-refractivity contribution in [3.05, 3.63) is 48.6 Å². The topological polar surface area (TPSA) is 78.9 Å². The third-order valence-electron chi connectivity index (χ3n) is 14.8. The summed E-state index contributed by atoms with van der Waals surface area (Å²) in [6.07, 6.45) is 80.1. The number of ether oxygens (including phenoxy) is 3. The molecule has 0 aliphatic rings. The van der Waals surface area contributed by atoms with Gasteiger partial charge in [-0.3, -0.25) is 14.4 Å². The molecular weight excluding hydrogens is 925 g/mol. The first-order valence-corrected chi connectivity index (χ1v) is 33.1. The van der Waals surface area contributed by atoms with Crippen LogP contribution in [0, 0.1) is 0 Å². The highest BCUT2D eigenvalue weighted by molar-refractivity contribution is 5.71. The molecule has 0 aliphatic heterocycles. The smallest absolute Gasteiger partial charge is 0.306 e. The molecule has 0 radical (unpaired) electrons. The normalized spacial score (nSPS) is 12.3. The highest BCUT2D eigenvalue weighted by Crippen LogP contribution is 2.18. The molecule has 438 valence electrons. The predicted molar refractivity (Wildman–Crippen MR) is 325 cm³/mol. The van der Waals surface area contributed by atoms with Crippen molar-refractivity contribution in [2.45, 2.75) is 361 Å². The van der Waals surface area contributed by atoms with Crippen LogP contribution >= 0.6 is 0 Å². The van der Waals surface area contributed by atoms with Crippen LogP contribution in [0.2, 0.25) is 0 Å². The van der Waals surface area contributed by atoms with Crippen LogP contribution in [0.25, 0.3) is 0 Å². The van der Waals surface area contributed by atoms with E-state index < -0.39 is 6.10 Å². The third kappa shape index (κ3) is 62.1. The van der Waals surface area contributed by atoms with Crippen molar-refractivity contribution in [3.63, 3.8) is 0 Å². The highest BCUT2D eigenvalue weighted by atomic mass is 16.6. The molecule has 1 unspecified atom stereocenters. The quantitative estimate of drug-likeness (QED) is 0.0261. The minimum absolute atomic E-state index is 0.0741. The fourth-order valence-electron chi connectivity index (χ4n) is 9.80. The molecule has 75 heavy (non-hydrogen) atoms. The van der Waals surface area contributed by atoms with Crippen LogP contribution in [0.4, 0.5) is 0 Å². The molecule has 1 atom stereocenters. The van der Waals surface area contributed by atoms with E-state index in [1.54, 1.807) is 0 Å². The summed E-state index contributed by atoms with van der Waals surface area (Å²) in [7, 11) is 0. The van der Waals surface area contributed by atoms with Gasteiger partial charge in [0.15, 0.2) is 6.10 Å². The van der Waals surface area contributed by atoms with E-state index in [1.807, 2.05) is 0 Å². The maximum absolute atomic E-state index is 12.8. The van der Waals surface area contributed by atoms with Crippen molar-refractivity contribution in [1.82, 2.24) is 0 Å². The number of rotatable bonds is 61. The molecule has 0 aromatic rings. The fourth-order valence-corrected chi connectivity index (χ4v) is 9.80. The molecule has 0 aromatic carbocycles. The van der Waals surface area contributed by atoms with Gasteiger partial charge in [0.1, 0.15) is 13.2 Å². The van der Waals surface area contributed by atoms with Crippen molar-refractivity contribution in [3.8, 4) is 0 Å². The molecule has 0 saturated heterocycles. The van der Waals surface area contributed by atoms with Crippen molar-refractivity contribution < 1.29 is 28.6 Å². The number of carbonyl (C=O) groups excluding carboxylic acids is 3. The van der Waals surface area contributed by atoms with Crippen molar-refractivity contribution in [2.24, 2.45) is 0 Å². The SMILES string of the molecule is CCCCC/C=C\C/C=C\CCCCCCCC(=O)OC(COC(=O)CCCCCCCCCCC)COC(=O)CCCCCCCCCCCCCCCCCCCCCCC/C=C\C/C=C\CCCCCCC. The Labute approximate surface area is 467 Å². The van der Waals surface area contributed by atoms with E-state index in [1.165, 1.54) is 225 Å². The first kappa shape index (κ1) is 72.4. The molecular formula is C69H126O6. The second-order valence-corrected chi connectivity index (χ2v) is 22.4. The minimum Gasteiger partial charge on any atom is -0.462 e. The molecule has 0 fully saturated rings. The van der Waals surface area contributed by atoms with Gasteiger partial charge in [0, 0.05) is 19.3 Å². The number of esters is 3. The summed E-state index contributed by atoms with van der Waals surface area (Å²) in [5.74, 6) is -0.872. The predicted octanol–water partition coefficient (Wildman–Crippen LogP) is 22.6. The molecule has 0 aromatic heterocycles. The van der Waals surface area contributed by atoms with E-state index in [4.69, 9.17) is 14.2 Å². The summed E-state index contributed by atoms with van der Waals surface area (Å²) in [4.78, 5) is 38.1. The van der Waals surface area contributed by atoms with Gasteiger partial charge in [-0.2, -0.15) is 0 Å². The van der Waals surface area contributed by atoms with E-state index in [0.29, 0.717) is 19.3 Å². The van der Waals surface area contributed by atoms with Crippen molar-refractivity contribution in [1.29, 1.82) is 0 Å². The second kappa shape index (κ2) is 63.9. The summed E-state index contributed by atoms with van der Waals surface area (Å²) in [5, 5.41) is 0. The van der Waals surface area contributed by atoms with Crippen LogP contribution in [-0.4, -0.2) is 37.2 Å². The van der Waals surface area contributed by atoms with Gasteiger partial charge in [-0.1, -0.05) is 301 Å². The first-order valence-electron chi connectivity index (χ1n) is 33.1. The van der Waals surface area contributed by atoms with E-state index >= 15 is 0 Å². The number of allylic oxidation sites excluding steroid dienone is 8. The highest BCUT2D eigenvalue weighted by Gasteiger charge is 2.19. The Morgan fingerprint density at radius 2 is 0.480 bits per heavy atom. The number of hydrogen-bond acceptors (Lipinski definition) is 6. The van der Waals surface area contributed by atoms with Gasteiger partial charge in [0.25, 0.3) is 0 Å². The van der Waals surface area contributed by atoms with Gasteiger partial charge in [-0.05, 0) is 83.5 Å². The lowest BCUT2D eigenvalue weighted by Crippen LogP contribution is -2.30. The summed E-state index contributed by atoms with van der Waals surface area (Å²) >= 11 is 0. The lowest BCUT2D eigenvalue weighted by atomic mass is 10.0. The minimum atomic E-state index is -0.776. The van der Waals surface area contributed by atoms with Gasteiger partial charge >= 0.3 is 17.9 Å². The molecule has 0 bridgehead atoms. The molecule has 0 saturated carbocycles. The molecule has 0 spiro atoms. The zero-order valence-electron chi connectivity index (χ0n) is 50.3. The van der Waals surface area contributed by atoms with Crippen LogP contribution in [0.1, 0.15) is 355 Å². The third-order valence-corrected chi connectivity index (χ3v) is 14.8. The van der Waals surface area contributed by atoms with Crippen LogP contribution < -0.4 is 0 Å². The average molecular weight is 1050 g/mol. The molecule has 0 aliphatic carbocycles. The van der Waals surface area contributed by atoms with Gasteiger partial charge < -0.3 is 14.2 Å². The zero-order valence-corrected chi connectivity index (χ0v) is 50.3. The Bertz CT molecular complexity index is 1300. The summed E-state index contributed by atoms with van der Waals surface area (Å²) in [6, 6.07) is 0. The lowest BCUT2D eigenvalue weighted by Gasteiger charge is -2.18. The van der Waals surface area contributed by atoms with Crippen LogP contribution in [0.3, 0.4) is 0 Å². The fraction of sp³-hybridized carbons (Fsp3) is 0.841. The summed E-state index contributed by atoms with van der Waals surface area (Å²) in [6.45, 7) is 6.61. The van der Waals surface area contributed by atoms with E-state index in [9.17, 15) is 14.4 Å². The average Bonchev–Trinajstić information content (AvgIpc) is 3.41. The first-order chi connectivity index (χ1) is 37.0. The molecule has 0 N–H and O–H groups in total. The monoisotopic (exact) mass is 1050 g/mol. The van der Waals surface area contributed by atoms with Crippen molar-refractivity contribution in [2.75, 3.05) is 13.2 Å². The molecule has 6 nitrogen and oxygen atoms in total. The maximum atomic E-state index is 12.8. The number of carbonyl (C=O) groups is 3. The van der Waals surface area contributed by atoms with Crippen LogP contribution in [-0.2, 0) is 28.6 Å². The Morgan fingerprint density at radius 3 is 0.760 bits per heavy atom. The molecule has 0 heterocycles. The standard InChI is InChI=1S/C69H126O6/c1-4-7-10-13-16-19-21-23-25-26-27-28-29-30-31-32-33-34-35-36-37-38-39-40-41-42-44-45-47-50-53-56-59-62-68(71)74-65-66(64-73-67(70)61-58-55-52-49-18-15-12-9-6-3)75-69(72)63-60-57-54-51-48-46-43-24-22-20-17-14-11-8-5-2/h17,20-21,23-24,26-27,43,66H,4-16,18-19,22,25,28-42,44-65H2,1-3H3/b20-17-,23-21-,27-26-,43-24-. The van der Waals surface area contributed by atoms with E-state index in [-0.39, 0.29) is 31.1 Å². The second-order valence-electron chi connectivity index (χ2n) is 22.4. The Balaban J connectivity index is 4.02. The zero-order chi connectivity index (χ0) is 54.3. The van der Waals surface area contributed by atoms with Gasteiger partial charge in [-0.15, -0.1) is 0 Å². The molecule has 0 amide bonds. The van der Waals surface area contributed by atoms with Crippen LogP contribution in [0.5, 0.6) is 0 Å². The largest absolute Gasteiger partial charge is 0.462 e. The Hall–Kier alpha value is -2.63. The Morgan fingerprint density at radius 1 is 0.267 bits per heavy atom.